The van der Waals surface area contributed by atoms with E-state index in [1.165, 1.54) is 11.1 Å². The van der Waals surface area contributed by atoms with Crippen LogP contribution in [0.4, 0.5) is 0 Å². The van der Waals surface area contributed by atoms with Gasteiger partial charge in [-0.05, 0) is 49.9 Å². The highest BCUT2D eigenvalue weighted by atomic mass is 16.5. The highest BCUT2D eigenvalue weighted by molar-refractivity contribution is 5.45. The Morgan fingerprint density at radius 1 is 1.50 bits per heavy atom. The van der Waals surface area contributed by atoms with Crippen molar-refractivity contribution >= 4 is 0 Å². The molecule has 2 unspecified atom stereocenters. The quantitative estimate of drug-likeness (QED) is 0.813. The second-order valence-corrected chi connectivity index (χ2v) is 5.03. The van der Waals surface area contributed by atoms with Crippen molar-refractivity contribution in [1.82, 2.24) is 5.32 Å². The summed E-state index contributed by atoms with van der Waals surface area (Å²) in [5, 5.41) is 12.9. The minimum atomic E-state index is -0.420. The molecule has 1 aromatic rings. The fraction of sp³-hybridized carbons (Fsp3) is 0.600. The summed E-state index contributed by atoms with van der Waals surface area (Å²) in [5.41, 5.74) is 2.68. The van der Waals surface area contributed by atoms with Crippen molar-refractivity contribution in [2.75, 3.05) is 13.2 Å². The maximum absolute atomic E-state index is 9.29. The van der Waals surface area contributed by atoms with E-state index >= 15 is 0 Å². The largest absolute Gasteiger partial charge is 0.491 e. The van der Waals surface area contributed by atoms with Crippen molar-refractivity contribution in [2.45, 2.75) is 45.3 Å². The molecule has 100 valence electrons. The van der Waals surface area contributed by atoms with E-state index in [1.54, 1.807) is 6.92 Å². The van der Waals surface area contributed by atoms with Crippen LogP contribution in [0.15, 0.2) is 18.2 Å². The van der Waals surface area contributed by atoms with Gasteiger partial charge >= 0.3 is 0 Å². The zero-order valence-corrected chi connectivity index (χ0v) is 11.3. The second kappa shape index (κ2) is 6.21. The molecule has 0 aliphatic heterocycles. The SMILES string of the molecule is CCCNC1CCc2c(OCC(C)O)cccc21. The van der Waals surface area contributed by atoms with Crippen molar-refractivity contribution in [1.29, 1.82) is 0 Å². The number of rotatable bonds is 6. The zero-order chi connectivity index (χ0) is 13.0. The predicted molar refractivity (Wildman–Crippen MR) is 73.0 cm³/mol. The molecule has 1 aromatic carbocycles. The molecule has 0 saturated carbocycles. The molecule has 0 fully saturated rings. The first kappa shape index (κ1) is 13.4. The number of nitrogens with one attached hydrogen (secondary N) is 1. The smallest absolute Gasteiger partial charge is 0.122 e. The fourth-order valence-corrected chi connectivity index (χ4v) is 2.50. The van der Waals surface area contributed by atoms with Gasteiger partial charge in [0.1, 0.15) is 12.4 Å². The lowest BCUT2D eigenvalue weighted by atomic mass is 10.1. The maximum Gasteiger partial charge on any atom is 0.122 e. The lowest BCUT2D eigenvalue weighted by Gasteiger charge is -2.15. The topological polar surface area (TPSA) is 41.5 Å². The van der Waals surface area contributed by atoms with Gasteiger partial charge in [-0.1, -0.05) is 19.1 Å². The van der Waals surface area contributed by atoms with Crippen LogP contribution in [0.1, 0.15) is 43.9 Å². The van der Waals surface area contributed by atoms with Crippen LogP contribution in [-0.4, -0.2) is 24.4 Å². The monoisotopic (exact) mass is 249 g/mol. The average molecular weight is 249 g/mol. The summed E-state index contributed by atoms with van der Waals surface area (Å²) >= 11 is 0. The van der Waals surface area contributed by atoms with Crippen LogP contribution in [0.3, 0.4) is 0 Å². The fourth-order valence-electron chi connectivity index (χ4n) is 2.50. The third kappa shape index (κ3) is 3.03. The van der Waals surface area contributed by atoms with Gasteiger partial charge in [-0.25, -0.2) is 0 Å². The summed E-state index contributed by atoms with van der Waals surface area (Å²) in [6.07, 6.45) is 2.94. The first-order chi connectivity index (χ1) is 8.72. The highest BCUT2D eigenvalue weighted by Crippen LogP contribution is 2.36. The standard InChI is InChI=1S/C15H23NO2/c1-3-9-16-14-8-7-13-12(14)5-4-6-15(13)18-10-11(2)17/h4-6,11,14,16-17H,3,7-10H2,1-2H3. The molecule has 0 aromatic heterocycles. The number of ether oxygens (including phenoxy) is 1. The predicted octanol–water partition coefficient (Wildman–Crippen LogP) is 2.43. The van der Waals surface area contributed by atoms with Crippen LogP contribution in [0, 0.1) is 0 Å². The van der Waals surface area contributed by atoms with E-state index in [0.29, 0.717) is 12.6 Å². The van der Waals surface area contributed by atoms with Gasteiger partial charge in [-0.2, -0.15) is 0 Å². The zero-order valence-electron chi connectivity index (χ0n) is 11.3. The van der Waals surface area contributed by atoms with Gasteiger partial charge in [-0.15, -0.1) is 0 Å². The van der Waals surface area contributed by atoms with Gasteiger partial charge in [0.2, 0.25) is 0 Å². The number of benzene rings is 1. The Balaban J connectivity index is 2.09. The van der Waals surface area contributed by atoms with Crippen LogP contribution >= 0.6 is 0 Å². The lowest BCUT2D eigenvalue weighted by molar-refractivity contribution is 0.122. The van der Waals surface area contributed by atoms with E-state index in [-0.39, 0.29) is 0 Å². The van der Waals surface area contributed by atoms with Crippen molar-refractivity contribution in [2.24, 2.45) is 0 Å². The third-order valence-corrected chi connectivity index (χ3v) is 3.35. The van der Waals surface area contributed by atoms with Gasteiger partial charge in [0, 0.05) is 6.04 Å². The number of aliphatic hydroxyl groups is 1. The van der Waals surface area contributed by atoms with Crippen LogP contribution in [-0.2, 0) is 6.42 Å². The Labute approximate surface area is 109 Å². The number of aliphatic hydroxyl groups excluding tert-OH is 1. The molecule has 3 heteroatoms. The number of hydrogen-bond donors (Lipinski definition) is 2. The van der Waals surface area contributed by atoms with E-state index in [1.807, 2.05) is 12.1 Å². The molecular weight excluding hydrogens is 226 g/mol. The second-order valence-electron chi connectivity index (χ2n) is 5.03. The van der Waals surface area contributed by atoms with E-state index < -0.39 is 6.10 Å². The molecule has 0 saturated heterocycles. The van der Waals surface area contributed by atoms with Crippen molar-refractivity contribution in [3.63, 3.8) is 0 Å². The van der Waals surface area contributed by atoms with Crippen molar-refractivity contribution < 1.29 is 9.84 Å². The summed E-state index contributed by atoms with van der Waals surface area (Å²) in [5.74, 6) is 0.939. The van der Waals surface area contributed by atoms with Crippen molar-refractivity contribution in [3.8, 4) is 5.75 Å². The van der Waals surface area contributed by atoms with Gasteiger partial charge in [0.15, 0.2) is 0 Å². The van der Waals surface area contributed by atoms with Crippen LogP contribution in [0.2, 0.25) is 0 Å². The number of fused-ring (bicyclic) bond motifs is 1. The molecule has 1 aliphatic rings. The summed E-state index contributed by atoms with van der Waals surface area (Å²) < 4.78 is 5.69. The Kier molecular flexibility index (Phi) is 4.61. The first-order valence-corrected chi connectivity index (χ1v) is 6.88. The Morgan fingerprint density at radius 3 is 3.06 bits per heavy atom. The molecule has 1 aliphatic carbocycles. The van der Waals surface area contributed by atoms with E-state index in [2.05, 4.69) is 18.3 Å². The Hall–Kier alpha value is -1.06. The first-order valence-electron chi connectivity index (χ1n) is 6.88. The van der Waals surface area contributed by atoms with E-state index in [4.69, 9.17) is 4.74 Å². The highest BCUT2D eigenvalue weighted by Gasteiger charge is 2.24. The van der Waals surface area contributed by atoms with Gasteiger partial charge in [0.25, 0.3) is 0 Å². The van der Waals surface area contributed by atoms with Crippen LogP contribution in [0.5, 0.6) is 5.75 Å². The molecule has 2 N–H and O–H groups in total. The number of hydrogen-bond acceptors (Lipinski definition) is 3. The van der Waals surface area contributed by atoms with Gasteiger partial charge < -0.3 is 15.2 Å². The lowest BCUT2D eigenvalue weighted by Crippen LogP contribution is -2.19. The molecular formula is C15H23NO2. The molecule has 0 amide bonds. The van der Waals surface area contributed by atoms with Gasteiger partial charge in [-0.3, -0.25) is 0 Å². The van der Waals surface area contributed by atoms with E-state index in [0.717, 1.165) is 31.6 Å². The summed E-state index contributed by atoms with van der Waals surface area (Å²) in [6.45, 7) is 5.35. The van der Waals surface area contributed by atoms with Crippen LogP contribution < -0.4 is 10.1 Å². The minimum absolute atomic E-state index is 0.365. The molecule has 2 rings (SSSR count). The molecule has 0 bridgehead atoms. The molecule has 2 atom stereocenters. The Morgan fingerprint density at radius 2 is 2.33 bits per heavy atom. The molecule has 3 nitrogen and oxygen atoms in total. The summed E-state index contributed by atoms with van der Waals surface area (Å²) in [7, 11) is 0. The maximum atomic E-state index is 9.29. The molecule has 0 heterocycles. The average Bonchev–Trinajstić information content (AvgIpc) is 2.77. The van der Waals surface area contributed by atoms with E-state index in [9.17, 15) is 5.11 Å². The third-order valence-electron chi connectivity index (χ3n) is 3.35. The summed E-state index contributed by atoms with van der Waals surface area (Å²) in [4.78, 5) is 0. The van der Waals surface area contributed by atoms with Crippen molar-refractivity contribution in [3.05, 3.63) is 29.3 Å². The summed E-state index contributed by atoms with van der Waals surface area (Å²) in [6, 6.07) is 6.70. The molecule has 18 heavy (non-hydrogen) atoms. The Bertz CT molecular complexity index is 390. The van der Waals surface area contributed by atoms with Gasteiger partial charge in [0.05, 0.1) is 6.10 Å². The molecule has 0 radical (unpaired) electrons. The molecule has 0 spiro atoms. The normalized spacial score (nSPS) is 19.6. The minimum Gasteiger partial charge on any atom is -0.491 e. The van der Waals surface area contributed by atoms with Crippen LogP contribution in [0.25, 0.3) is 0 Å².